The van der Waals surface area contributed by atoms with Crippen molar-refractivity contribution in [3.8, 4) is 6.07 Å². The van der Waals surface area contributed by atoms with Crippen LogP contribution in [0.1, 0.15) is 73.6 Å². The molecule has 0 saturated heterocycles. The van der Waals surface area contributed by atoms with Crippen LogP contribution in [-0.2, 0) is 12.8 Å². The first-order chi connectivity index (χ1) is 12.7. The zero-order valence-corrected chi connectivity index (χ0v) is 15.7. The first-order valence-electron chi connectivity index (χ1n) is 9.97. The molecule has 0 aliphatic heterocycles. The van der Waals surface area contributed by atoms with Crippen LogP contribution in [0.15, 0.2) is 42.5 Å². The Hall–Kier alpha value is -2.14. The number of aryl methyl sites for hydroxylation is 2. The van der Waals surface area contributed by atoms with Crippen molar-refractivity contribution in [1.29, 1.82) is 5.26 Å². The van der Waals surface area contributed by atoms with Crippen LogP contribution in [-0.4, -0.2) is 0 Å². The highest BCUT2D eigenvalue weighted by Gasteiger charge is 2.22. The molecule has 0 unspecified atom stereocenters. The molecule has 2 heteroatoms. The smallest absolute Gasteiger partial charge is 0.126 e. The summed E-state index contributed by atoms with van der Waals surface area (Å²) in [7, 11) is 0. The van der Waals surface area contributed by atoms with Gasteiger partial charge in [-0.3, -0.25) is 0 Å². The van der Waals surface area contributed by atoms with Crippen molar-refractivity contribution in [3.63, 3.8) is 0 Å². The van der Waals surface area contributed by atoms with Crippen LogP contribution in [0.2, 0.25) is 0 Å². The summed E-state index contributed by atoms with van der Waals surface area (Å²) >= 11 is 0. The predicted octanol–water partition coefficient (Wildman–Crippen LogP) is 6.56. The maximum absolute atomic E-state index is 14.6. The average molecular weight is 349 g/mol. The summed E-state index contributed by atoms with van der Waals surface area (Å²) < 4.78 is 14.6. The maximum atomic E-state index is 14.6. The van der Waals surface area contributed by atoms with E-state index in [1.54, 1.807) is 6.07 Å². The zero-order chi connectivity index (χ0) is 18.4. The number of nitrogens with zero attached hydrogens (tertiary/aromatic N) is 1. The van der Waals surface area contributed by atoms with E-state index in [-0.39, 0.29) is 5.82 Å². The first kappa shape index (κ1) is 18.6. The maximum Gasteiger partial charge on any atom is 0.126 e. The second-order valence-corrected chi connectivity index (χ2v) is 7.67. The molecule has 1 nitrogen and oxygen atoms in total. The van der Waals surface area contributed by atoms with Crippen LogP contribution in [0.4, 0.5) is 4.39 Å². The van der Waals surface area contributed by atoms with E-state index >= 15 is 0 Å². The van der Waals surface area contributed by atoms with Gasteiger partial charge in [-0.1, -0.05) is 44.0 Å². The number of rotatable bonds is 6. The van der Waals surface area contributed by atoms with Crippen molar-refractivity contribution in [2.45, 2.75) is 64.2 Å². The third kappa shape index (κ3) is 4.73. The van der Waals surface area contributed by atoms with Gasteiger partial charge in [0.15, 0.2) is 0 Å². The molecular formula is C24H28FN. The van der Waals surface area contributed by atoms with Crippen molar-refractivity contribution in [3.05, 3.63) is 70.5 Å². The molecule has 1 fully saturated rings. The highest BCUT2D eigenvalue weighted by atomic mass is 19.1. The molecule has 0 bridgehead atoms. The SMILES string of the molecule is CCCC1CCC(c2ccc(CCc3ccc(C#N)cc3)c(F)c2)CC1. The molecule has 136 valence electrons. The summed E-state index contributed by atoms with van der Waals surface area (Å²) in [5, 5.41) is 8.85. The molecule has 1 aliphatic rings. The molecule has 0 atom stereocenters. The average Bonchev–Trinajstić information content (AvgIpc) is 2.68. The third-order valence-corrected chi connectivity index (χ3v) is 5.86. The van der Waals surface area contributed by atoms with Crippen molar-refractivity contribution < 1.29 is 4.39 Å². The molecule has 0 amide bonds. The van der Waals surface area contributed by atoms with Crippen LogP contribution in [0.25, 0.3) is 0 Å². The number of hydrogen-bond acceptors (Lipinski definition) is 1. The Bertz CT molecular complexity index is 749. The van der Waals surface area contributed by atoms with Crippen LogP contribution in [0.5, 0.6) is 0 Å². The predicted molar refractivity (Wildman–Crippen MR) is 105 cm³/mol. The quantitative estimate of drug-likeness (QED) is 0.579. The monoisotopic (exact) mass is 349 g/mol. The van der Waals surface area contributed by atoms with Gasteiger partial charge in [0.05, 0.1) is 11.6 Å². The van der Waals surface area contributed by atoms with E-state index in [2.05, 4.69) is 19.1 Å². The number of benzene rings is 2. The minimum atomic E-state index is -0.0631. The summed E-state index contributed by atoms with van der Waals surface area (Å²) in [5.41, 5.74) is 3.78. The summed E-state index contributed by atoms with van der Waals surface area (Å²) in [4.78, 5) is 0. The summed E-state index contributed by atoms with van der Waals surface area (Å²) in [5.74, 6) is 1.35. The second-order valence-electron chi connectivity index (χ2n) is 7.67. The van der Waals surface area contributed by atoms with Gasteiger partial charge in [-0.2, -0.15) is 5.26 Å². The van der Waals surface area contributed by atoms with E-state index < -0.39 is 0 Å². The van der Waals surface area contributed by atoms with Gasteiger partial charge in [-0.15, -0.1) is 0 Å². The molecule has 2 aromatic carbocycles. The molecule has 0 heterocycles. The van der Waals surface area contributed by atoms with Gasteiger partial charge in [-0.05, 0) is 85.3 Å². The molecule has 0 spiro atoms. The van der Waals surface area contributed by atoms with E-state index in [1.807, 2.05) is 30.3 Å². The molecule has 0 radical (unpaired) electrons. The number of hydrogen-bond donors (Lipinski definition) is 0. The van der Waals surface area contributed by atoms with Gasteiger partial charge < -0.3 is 0 Å². The molecule has 3 rings (SSSR count). The van der Waals surface area contributed by atoms with Crippen LogP contribution >= 0.6 is 0 Å². The number of nitriles is 1. The molecule has 0 aromatic heterocycles. The summed E-state index contributed by atoms with van der Waals surface area (Å²) in [6.07, 6.45) is 9.10. The van der Waals surface area contributed by atoms with Gasteiger partial charge in [0.1, 0.15) is 5.82 Å². The zero-order valence-electron chi connectivity index (χ0n) is 15.7. The Kier molecular flexibility index (Phi) is 6.45. The molecular weight excluding hydrogens is 321 g/mol. The third-order valence-electron chi connectivity index (χ3n) is 5.86. The highest BCUT2D eigenvalue weighted by molar-refractivity contribution is 5.33. The van der Waals surface area contributed by atoms with E-state index in [0.29, 0.717) is 17.9 Å². The van der Waals surface area contributed by atoms with Crippen molar-refractivity contribution in [2.75, 3.05) is 0 Å². The fourth-order valence-corrected chi connectivity index (χ4v) is 4.24. The van der Waals surface area contributed by atoms with Crippen LogP contribution in [0, 0.1) is 23.1 Å². The van der Waals surface area contributed by atoms with Crippen LogP contribution < -0.4 is 0 Å². The fraction of sp³-hybridized carbons (Fsp3) is 0.458. The minimum Gasteiger partial charge on any atom is -0.207 e. The summed E-state index contributed by atoms with van der Waals surface area (Å²) in [6, 6.07) is 15.6. The van der Waals surface area contributed by atoms with E-state index in [1.165, 1.54) is 44.1 Å². The lowest BCUT2D eigenvalue weighted by Crippen LogP contribution is -2.13. The normalized spacial score (nSPS) is 19.9. The van der Waals surface area contributed by atoms with Gasteiger partial charge in [0.2, 0.25) is 0 Å². The van der Waals surface area contributed by atoms with E-state index in [4.69, 9.17) is 5.26 Å². The lowest BCUT2D eigenvalue weighted by molar-refractivity contribution is 0.308. The topological polar surface area (TPSA) is 23.8 Å². The Morgan fingerprint density at radius 2 is 1.73 bits per heavy atom. The molecule has 0 N–H and O–H groups in total. The lowest BCUT2D eigenvalue weighted by atomic mass is 9.77. The van der Waals surface area contributed by atoms with Crippen molar-refractivity contribution in [2.24, 2.45) is 5.92 Å². The molecule has 1 aliphatic carbocycles. The second kappa shape index (κ2) is 8.99. The van der Waals surface area contributed by atoms with E-state index in [0.717, 1.165) is 23.5 Å². The largest absolute Gasteiger partial charge is 0.207 e. The van der Waals surface area contributed by atoms with Gasteiger partial charge in [0, 0.05) is 0 Å². The van der Waals surface area contributed by atoms with Crippen LogP contribution in [0.3, 0.4) is 0 Å². The van der Waals surface area contributed by atoms with Gasteiger partial charge in [0.25, 0.3) is 0 Å². The Labute approximate surface area is 156 Å². The van der Waals surface area contributed by atoms with Gasteiger partial charge >= 0.3 is 0 Å². The Morgan fingerprint density at radius 1 is 1.00 bits per heavy atom. The van der Waals surface area contributed by atoms with Crippen molar-refractivity contribution in [1.82, 2.24) is 0 Å². The molecule has 1 saturated carbocycles. The Morgan fingerprint density at radius 3 is 2.35 bits per heavy atom. The molecule has 2 aromatic rings. The highest BCUT2D eigenvalue weighted by Crippen LogP contribution is 2.37. The van der Waals surface area contributed by atoms with Crippen molar-refractivity contribution >= 4 is 0 Å². The lowest BCUT2D eigenvalue weighted by Gasteiger charge is -2.28. The number of halogens is 1. The minimum absolute atomic E-state index is 0.0631. The van der Waals surface area contributed by atoms with E-state index in [9.17, 15) is 4.39 Å². The Balaban J connectivity index is 1.58. The standard InChI is InChI=1S/C24H28FN/c1-2-3-18-8-11-21(12-9-18)23-15-14-22(24(25)16-23)13-10-19-4-6-20(17-26)7-5-19/h4-7,14-16,18,21H,2-3,8-13H2,1H3. The first-order valence-corrected chi connectivity index (χ1v) is 9.97. The fourth-order valence-electron chi connectivity index (χ4n) is 4.24. The summed E-state index contributed by atoms with van der Waals surface area (Å²) in [6.45, 7) is 2.26. The molecule has 26 heavy (non-hydrogen) atoms. The van der Waals surface area contributed by atoms with Gasteiger partial charge in [-0.25, -0.2) is 4.39 Å².